The van der Waals surface area contributed by atoms with Gasteiger partial charge in [-0.15, -0.1) is 0 Å². The summed E-state index contributed by atoms with van der Waals surface area (Å²) in [6.07, 6.45) is 2.33. The smallest absolute Gasteiger partial charge is 0.270 e. The Balaban J connectivity index is 1.75. The monoisotopic (exact) mass is 290 g/mol. The molecule has 2 aromatic heterocycles. The van der Waals surface area contributed by atoms with Gasteiger partial charge in [0.1, 0.15) is 17.4 Å². The van der Waals surface area contributed by atoms with Crippen molar-refractivity contribution >= 4 is 11.6 Å². The van der Waals surface area contributed by atoms with E-state index in [0.717, 1.165) is 0 Å². The molecule has 3 rings (SSSR count). The maximum atomic E-state index is 13.0. The number of pyridine rings is 1. The zero-order chi connectivity index (χ0) is 14.8. The lowest BCUT2D eigenvalue weighted by Crippen LogP contribution is -2.39. The van der Waals surface area contributed by atoms with Crippen LogP contribution < -0.4 is 16.2 Å². The van der Waals surface area contributed by atoms with Crippen LogP contribution >= 0.6 is 0 Å². The molecule has 0 bridgehead atoms. The summed E-state index contributed by atoms with van der Waals surface area (Å²) in [5.74, 6) is -0.491. The first kappa shape index (κ1) is 13.7. The third-order valence-corrected chi connectivity index (χ3v) is 3.54. The van der Waals surface area contributed by atoms with Crippen LogP contribution in [0.15, 0.2) is 35.4 Å². The van der Waals surface area contributed by atoms with Crippen molar-refractivity contribution in [2.75, 3.05) is 13.1 Å². The summed E-state index contributed by atoms with van der Waals surface area (Å²) in [5, 5.41) is 5.61. The van der Waals surface area contributed by atoms with Gasteiger partial charge >= 0.3 is 0 Å². The van der Waals surface area contributed by atoms with Gasteiger partial charge in [-0.05, 0) is 18.6 Å². The first-order chi connectivity index (χ1) is 10.1. The fraction of sp³-hybridized carbons (Fsp3) is 0.357. The van der Waals surface area contributed by atoms with Crippen LogP contribution in [0.25, 0.3) is 5.65 Å². The molecule has 0 aromatic carbocycles. The number of fused-ring (bicyclic) bond motifs is 1. The van der Waals surface area contributed by atoms with Crippen molar-refractivity contribution in [1.82, 2.24) is 20.0 Å². The van der Waals surface area contributed by atoms with E-state index in [2.05, 4.69) is 15.6 Å². The van der Waals surface area contributed by atoms with Crippen LogP contribution in [0.3, 0.4) is 0 Å². The Kier molecular flexibility index (Phi) is 3.66. The summed E-state index contributed by atoms with van der Waals surface area (Å²) in [6, 6.07) is 5.05. The maximum absolute atomic E-state index is 13.0. The molecular formula is C14H15FN4O2. The second-order valence-corrected chi connectivity index (χ2v) is 5.05. The third-order valence-electron chi connectivity index (χ3n) is 3.54. The van der Waals surface area contributed by atoms with Crippen molar-refractivity contribution < 1.29 is 9.18 Å². The molecule has 1 aliphatic heterocycles. The Labute approximate surface area is 120 Å². The second-order valence-electron chi connectivity index (χ2n) is 5.05. The summed E-state index contributed by atoms with van der Waals surface area (Å²) >= 11 is 0. The third kappa shape index (κ3) is 2.78. The van der Waals surface area contributed by atoms with Crippen molar-refractivity contribution in [2.24, 2.45) is 0 Å². The van der Waals surface area contributed by atoms with E-state index in [9.17, 15) is 14.0 Å². The first-order valence-corrected chi connectivity index (χ1v) is 6.77. The van der Waals surface area contributed by atoms with Crippen LogP contribution in [-0.2, 0) is 0 Å². The molecule has 0 saturated carbocycles. The van der Waals surface area contributed by atoms with Crippen molar-refractivity contribution in [2.45, 2.75) is 18.6 Å². The molecule has 3 heterocycles. The predicted octanol–water partition coefficient (Wildman–Crippen LogP) is 0.124. The van der Waals surface area contributed by atoms with Crippen LogP contribution in [0.1, 0.15) is 16.8 Å². The molecule has 110 valence electrons. The minimum atomic E-state index is -0.875. The van der Waals surface area contributed by atoms with Crippen LogP contribution in [0.2, 0.25) is 0 Å². The Morgan fingerprint density at radius 1 is 1.52 bits per heavy atom. The highest BCUT2D eigenvalue weighted by Gasteiger charge is 2.24. The summed E-state index contributed by atoms with van der Waals surface area (Å²) in [5.41, 5.74) is 0.0473. The minimum absolute atomic E-state index is 0.0199. The van der Waals surface area contributed by atoms with E-state index in [4.69, 9.17) is 0 Å². The number of hydrogen-bond acceptors (Lipinski definition) is 4. The number of alkyl halides is 1. The number of carbonyl (C=O) groups excluding carboxylic acids is 1. The number of nitrogens with one attached hydrogen (secondary N) is 2. The molecule has 6 nitrogen and oxygen atoms in total. The van der Waals surface area contributed by atoms with Gasteiger partial charge in [0.25, 0.3) is 11.5 Å². The lowest BCUT2D eigenvalue weighted by atomic mass is 10.2. The second kappa shape index (κ2) is 5.61. The van der Waals surface area contributed by atoms with Crippen molar-refractivity contribution in [3.8, 4) is 0 Å². The zero-order valence-electron chi connectivity index (χ0n) is 11.3. The van der Waals surface area contributed by atoms with Crippen molar-refractivity contribution in [3.05, 3.63) is 46.5 Å². The summed E-state index contributed by atoms with van der Waals surface area (Å²) in [6.45, 7) is 0.594. The van der Waals surface area contributed by atoms with Gasteiger partial charge < -0.3 is 10.6 Å². The van der Waals surface area contributed by atoms with Crippen LogP contribution in [0.4, 0.5) is 4.39 Å². The highest BCUT2D eigenvalue weighted by Crippen LogP contribution is 2.08. The van der Waals surface area contributed by atoms with Gasteiger partial charge in [-0.3, -0.25) is 14.0 Å². The van der Waals surface area contributed by atoms with E-state index in [0.29, 0.717) is 18.6 Å². The quantitative estimate of drug-likeness (QED) is 0.842. The van der Waals surface area contributed by atoms with E-state index < -0.39 is 17.6 Å². The number of nitrogens with zero attached hydrogens (tertiary/aromatic N) is 2. The van der Waals surface area contributed by atoms with Crippen molar-refractivity contribution in [3.63, 3.8) is 0 Å². The normalized spacial score (nSPS) is 21.6. The number of carbonyl (C=O) groups is 1. The SMILES string of the molecule is O=C(NC[C@@H]1C[C@H](F)CN1)c1cnc2ccccn2c1=O. The van der Waals surface area contributed by atoms with E-state index in [1.165, 1.54) is 10.6 Å². The molecule has 2 N–H and O–H groups in total. The molecule has 7 heteroatoms. The lowest BCUT2D eigenvalue weighted by Gasteiger charge is -2.11. The van der Waals surface area contributed by atoms with Crippen LogP contribution in [-0.4, -0.2) is 40.6 Å². The molecule has 2 atom stereocenters. The lowest BCUT2D eigenvalue weighted by molar-refractivity contribution is 0.0948. The summed E-state index contributed by atoms with van der Waals surface area (Å²) in [7, 11) is 0. The molecule has 1 aliphatic rings. The first-order valence-electron chi connectivity index (χ1n) is 6.77. The number of rotatable bonds is 3. The highest BCUT2D eigenvalue weighted by atomic mass is 19.1. The minimum Gasteiger partial charge on any atom is -0.350 e. The van der Waals surface area contributed by atoms with E-state index in [1.807, 2.05) is 0 Å². The maximum Gasteiger partial charge on any atom is 0.270 e. The number of halogens is 1. The Bertz CT molecular complexity index is 730. The topological polar surface area (TPSA) is 75.5 Å². The molecule has 1 fully saturated rings. The van der Waals surface area contributed by atoms with Gasteiger partial charge in [-0.1, -0.05) is 6.07 Å². The predicted molar refractivity (Wildman–Crippen MR) is 75.1 cm³/mol. The van der Waals surface area contributed by atoms with Gasteiger partial charge in [-0.2, -0.15) is 0 Å². The van der Waals surface area contributed by atoms with Gasteiger partial charge in [-0.25, -0.2) is 9.37 Å². The fourth-order valence-corrected chi connectivity index (χ4v) is 2.42. The Morgan fingerprint density at radius 3 is 3.14 bits per heavy atom. The highest BCUT2D eigenvalue weighted by molar-refractivity contribution is 5.93. The molecule has 0 aliphatic carbocycles. The van der Waals surface area contributed by atoms with Crippen molar-refractivity contribution in [1.29, 1.82) is 0 Å². The van der Waals surface area contributed by atoms with Gasteiger partial charge in [0.15, 0.2) is 0 Å². The summed E-state index contributed by atoms with van der Waals surface area (Å²) < 4.78 is 14.3. The fourth-order valence-electron chi connectivity index (χ4n) is 2.42. The molecule has 1 amide bonds. The van der Waals surface area contributed by atoms with E-state index >= 15 is 0 Å². The van der Waals surface area contributed by atoms with Gasteiger partial charge in [0, 0.05) is 31.5 Å². The van der Waals surface area contributed by atoms with E-state index in [-0.39, 0.29) is 18.2 Å². The summed E-state index contributed by atoms with van der Waals surface area (Å²) in [4.78, 5) is 28.3. The molecule has 2 aromatic rings. The molecule has 21 heavy (non-hydrogen) atoms. The zero-order valence-corrected chi connectivity index (χ0v) is 11.3. The van der Waals surface area contributed by atoms with Crippen LogP contribution in [0, 0.1) is 0 Å². The number of aromatic nitrogens is 2. The molecule has 0 radical (unpaired) electrons. The molecular weight excluding hydrogens is 275 g/mol. The molecule has 1 saturated heterocycles. The Hall–Kier alpha value is -2.28. The molecule has 0 spiro atoms. The van der Waals surface area contributed by atoms with Crippen LogP contribution in [0.5, 0.6) is 0 Å². The van der Waals surface area contributed by atoms with E-state index in [1.54, 1.807) is 24.4 Å². The number of amides is 1. The number of hydrogen-bond donors (Lipinski definition) is 2. The van der Waals surface area contributed by atoms with Gasteiger partial charge in [0.05, 0.1) is 0 Å². The largest absolute Gasteiger partial charge is 0.350 e. The Morgan fingerprint density at radius 2 is 2.38 bits per heavy atom. The average Bonchev–Trinajstić information content (AvgIpc) is 2.91. The average molecular weight is 290 g/mol. The van der Waals surface area contributed by atoms with Gasteiger partial charge in [0.2, 0.25) is 0 Å². The molecule has 0 unspecified atom stereocenters. The standard InChI is InChI=1S/C14H15FN4O2/c15-9-5-10(16-6-9)7-18-13(20)11-8-17-12-3-1-2-4-19(12)14(11)21/h1-4,8-10,16H,5-7H2,(H,18,20)/t9-,10-/m0/s1.